The zero-order valence-corrected chi connectivity index (χ0v) is 25.1. The standard InChI is InChI=1S/C27H32N2O16/c1-13(31)28-23-21(41-15(3)33)10-27(26(36)39-6,44-20-8-7-19(29(37)38)9-18(20)11-30)45-25(23)24(43-17(5)35)22(42-16(4)34)12-40-14(2)32/h7-9,11,21-25H,10,12H2,1-6H3,(H,28,31)/t21?,22-,23-,24-,25?,27?/m1/s1. The van der Waals surface area contributed by atoms with E-state index in [4.69, 9.17) is 33.2 Å². The molecular formula is C27H32N2O16. The van der Waals surface area contributed by atoms with Crippen LogP contribution in [0, 0.1) is 10.1 Å². The molecule has 1 aromatic rings. The monoisotopic (exact) mass is 640 g/mol. The zero-order chi connectivity index (χ0) is 34.1. The van der Waals surface area contributed by atoms with Gasteiger partial charge in [0.25, 0.3) is 5.69 Å². The fourth-order valence-electron chi connectivity index (χ4n) is 4.52. The van der Waals surface area contributed by atoms with Gasteiger partial charge in [0.15, 0.2) is 18.5 Å². The summed E-state index contributed by atoms with van der Waals surface area (Å²) in [7, 11) is 0.939. The van der Waals surface area contributed by atoms with Crippen molar-refractivity contribution < 1.29 is 71.6 Å². The van der Waals surface area contributed by atoms with Crippen LogP contribution in [0.2, 0.25) is 0 Å². The van der Waals surface area contributed by atoms with Crippen LogP contribution in [0.3, 0.4) is 0 Å². The number of carbonyl (C=O) groups is 7. The molecule has 1 saturated heterocycles. The van der Waals surface area contributed by atoms with Crippen molar-refractivity contribution in [2.24, 2.45) is 0 Å². The molecule has 1 fully saturated rings. The van der Waals surface area contributed by atoms with E-state index in [1.807, 2.05) is 0 Å². The second-order valence-corrected chi connectivity index (χ2v) is 9.63. The number of ether oxygens (including phenoxy) is 7. The lowest BCUT2D eigenvalue weighted by Gasteiger charge is -2.48. The third kappa shape index (κ3) is 9.68. The van der Waals surface area contributed by atoms with Crippen molar-refractivity contribution in [1.82, 2.24) is 5.32 Å². The third-order valence-electron chi connectivity index (χ3n) is 6.10. The van der Waals surface area contributed by atoms with Gasteiger partial charge in [0, 0.05) is 46.8 Å². The summed E-state index contributed by atoms with van der Waals surface area (Å²) in [6.07, 6.45) is -7.26. The Kier molecular flexibility index (Phi) is 12.5. The largest absolute Gasteiger partial charge is 0.464 e. The minimum absolute atomic E-state index is 0.203. The molecule has 18 nitrogen and oxygen atoms in total. The van der Waals surface area contributed by atoms with E-state index in [2.05, 4.69) is 5.32 Å². The van der Waals surface area contributed by atoms with Gasteiger partial charge in [0.2, 0.25) is 5.91 Å². The zero-order valence-electron chi connectivity index (χ0n) is 25.1. The maximum absolute atomic E-state index is 13.4. The molecule has 1 N–H and O–H groups in total. The number of methoxy groups -OCH3 is 1. The average Bonchev–Trinajstić information content (AvgIpc) is 2.94. The summed E-state index contributed by atoms with van der Waals surface area (Å²) >= 11 is 0. The van der Waals surface area contributed by atoms with Crippen molar-refractivity contribution in [3.05, 3.63) is 33.9 Å². The predicted octanol–water partition coefficient (Wildman–Crippen LogP) is 0.307. The summed E-state index contributed by atoms with van der Waals surface area (Å²) in [5.74, 6) is -8.70. The summed E-state index contributed by atoms with van der Waals surface area (Å²) in [4.78, 5) is 96.3. The number of hydrogen-bond donors (Lipinski definition) is 1. The van der Waals surface area contributed by atoms with E-state index >= 15 is 0 Å². The average molecular weight is 641 g/mol. The Morgan fingerprint density at radius 3 is 2.18 bits per heavy atom. The van der Waals surface area contributed by atoms with Gasteiger partial charge >= 0.3 is 35.6 Å². The second kappa shape index (κ2) is 15.6. The molecular weight excluding hydrogens is 608 g/mol. The second-order valence-electron chi connectivity index (χ2n) is 9.63. The van der Waals surface area contributed by atoms with E-state index in [0.717, 1.165) is 59.9 Å². The lowest BCUT2D eigenvalue weighted by Crippen LogP contribution is -2.70. The highest BCUT2D eigenvalue weighted by molar-refractivity contribution is 5.83. The van der Waals surface area contributed by atoms with E-state index in [1.54, 1.807) is 0 Å². The fourth-order valence-corrected chi connectivity index (χ4v) is 4.52. The molecule has 1 aromatic carbocycles. The third-order valence-corrected chi connectivity index (χ3v) is 6.10. The van der Waals surface area contributed by atoms with Gasteiger partial charge in [-0.2, -0.15) is 0 Å². The number of esters is 5. The number of non-ortho nitro benzene ring substituents is 1. The molecule has 3 unspecified atom stereocenters. The van der Waals surface area contributed by atoms with Crippen LogP contribution in [-0.2, 0) is 57.2 Å². The van der Waals surface area contributed by atoms with Gasteiger partial charge < -0.3 is 38.5 Å². The Morgan fingerprint density at radius 2 is 1.69 bits per heavy atom. The maximum atomic E-state index is 13.4. The number of rotatable bonds is 13. The molecule has 1 aliphatic heterocycles. The lowest BCUT2D eigenvalue weighted by molar-refractivity contribution is -0.384. The molecule has 246 valence electrons. The first kappa shape index (κ1) is 36.1. The van der Waals surface area contributed by atoms with Gasteiger partial charge in [-0.05, 0) is 6.07 Å². The molecule has 0 bridgehead atoms. The van der Waals surface area contributed by atoms with Crippen LogP contribution >= 0.6 is 0 Å². The number of carbonyl (C=O) groups excluding carboxylic acids is 7. The van der Waals surface area contributed by atoms with Gasteiger partial charge in [-0.3, -0.25) is 38.9 Å². The minimum atomic E-state index is -2.66. The van der Waals surface area contributed by atoms with Gasteiger partial charge in [-0.15, -0.1) is 0 Å². The molecule has 1 heterocycles. The number of nitrogens with one attached hydrogen (secondary N) is 1. The van der Waals surface area contributed by atoms with Crippen molar-refractivity contribution in [1.29, 1.82) is 0 Å². The Hall–Kier alpha value is -5.13. The highest BCUT2D eigenvalue weighted by Crippen LogP contribution is 2.39. The molecule has 6 atom stereocenters. The van der Waals surface area contributed by atoms with Crippen molar-refractivity contribution in [3.63, 3.8) is 0 Å². The number of nitro groups is 1. The number of benzene rings is 1. The van der Waals surface area contributed by atoms with Crippen molar-refractivity contribution in [2.75, 3.05) is 13.7 Å². The van der Waals surface area contributed by atoms with E-state index in [-0.39, 0.29) is 6.29 Å². The smallest absolute Gasteiger partial charge is 0.379 e. The molecule has 45 heavy (non-hydrogen) atoms. The van der Waals surface area contributed by atoms with Crippen LogP contribution in [0.5, 0.6) is 5.75 Å². The molecule has 0 aromatic heterocycles. The maximum Gasteiger partial charge on any atom is 0.379 e. The van der Waals surface area contributed by atoms with Crippen LogP contribution in [0.25, 0.3) is 0 Å². The minimum Gasteiger partial charge on any atom is -0.464 e. The van der Waals surface area contributed by atoms with Crippen LogP contribution in [0.4, 0.5) is 5.69 Å². The molecule has 1 aliphatic rings. The van der Waals surface area contributed by atoms with Gasteiger partial charge in [-0.1, -0.05) is 0 Å². The summed E-state index contributed by atoms with van der Waals surface area (Å²) in [5, 5.41) is 13.8. The van der Waals surface area contributed by atoms with E-state index < -0.39 is 107 Å². The first-order chi connectivity index (χ1) is 21.0. The van der Waals surface area contributed by atoms with E-state index in [1.165, 1.54) is 0 Å². The Bertz CT molecular complexity index is 1350. The van der Waals surface area contributed by atoms with Crippen LogP contribution in [0.15, 0.2) is 18.2 Å². The van der Waals surface area contributed by atoms with Crippen molar-refractivity contribution in [3.8, 4) is 5.75 Å². The summed E-state index contributed by atoms with van der Waals surface area (Å²) in [6.45, 7) is 4.42. The highest BCUT2D eigenvalue weighted by Gasteiger charge is 2.60. The molecule has 0 aliphatic carbocycles. The number of aldehydes is 1. The predicted molar refractivity (Wildman–Crippen MR) is 144 cm³/mol. The normalized spacial score (nSPS) is 22.0. The van der Waals surface area contributed by atoms with E-state index in [0.29, 0.717) is 0 Å². The SMILES string of the molecule is COC(=O)C1(Oc2ccc([N+](=O)[O-])cc2C=O)CC(OC(C)=O)[C@@H](NC(C)=O)C([C@H](OC(C)=O)[C@@H](COC(C)=O)OC(C)=O)O1. The first-order valence-electron chi connectivity index (χ1n) is 13.1. The lowest BCUT2D eigenvalue weighted by atomic mass is 9.88. The Labute approximate surface area is 255 Å². The van der Waals surface area contributed by atoms with Crippen molar-refractivity contribution >= 4 is 47.7 Å². The summed E-state index contributed by atoms with van der Waals surface area (Å²) < 4.78 is 38.0. The van der Waals surface area contributed by atoms with Gasteiger partial charge in [0.1, 0.15) is 24.6 Å². The summed E-state index contributed by atoms with van der Waals surface area (Å²) in [5.41, 5.74) is -0.892. The number of nitro benzene ring substituents is 1. The number of hydrogen-bond acceptors (Lipinski definition) is 16. The topological polar surface area (TPSA) is 239 Å². The highest BCUT2D eigenvalue weighted by atomic mass is 16.7. The van der Waals surface area contributed by atoms with Crippen molar-refractivity contribution in [2.45, 2.75) is 77.3 Å². The van der Waals surface area contributed by atoms with Crippen LogP contribution < -0.4 is 10.1 Å². The van der Waals surface area contributed by atoms with E-state index in [9.17, 15) is 43.7 Å². The Morgan fingerprint density at radius 1 is 1.04 bits per heavy atom. The van der Waals surface area contributed by atoms with Crippen LogP contribution in [0.1, 0.15) is 51.4 Å². The van der Waals surface area contributed by atoms with Gasteiger partial charge in [0.05, 0.1) is 30.1 Å². The summed E-state index contributed by atoms with van der Waals surface area (Å²) in [6, 6.07) is 1.37. The fraction of sp³-hybridized carbons (Fsp3) is 0.519. The van der Waals surface area contributed by atoms with Gasteiger partial charge in [-0.25, -0.2) is 4.79 Å². The molecule has 0 radical (unpaired) electrons. The molecule has 18 heteroatoms. The number of amides is 1. The van der Waals surface area contributed by atoms with Crippen LogP contribution in [-0.4, -0.2) is 96.9 Å². The first-order valence-corrected chi connectivity index (χ1v) is 13.1. The molecule has 0 spiro atoms. The quantitative estimate of drug-likeness (QED) is 0.100. The molecule has 0 saturated carbocycles. The molecule has 1 amide bonds. The molecule has 2 rings (SSSR count). The Balaban J connectivity index is 2.86. The number of nitrogens with zero attached hydrogens (tertiary/aromatic N) is 1.